The second kappa shape index (κ2) is 15.0. The van der Waals surface area contributed by atoms with Crippen LogP contribution in [0.15, 0.2) is 52.9 Å². The Labute approximate surface area is 311 Å². The molecule has 13 heteroatoms. The van der Waals surface area contributed by atoms with E-state index in [0.29, 0.717) is 50.1 Å². The first-order valence-corrected chi connectivity index (χ1v) is 20.5. The molecular formula is C39H49ClN4O7S. The highest BCUT2D eigenvalue weighted by Crippen LogP contribution is 2.47. The molecule has 2 bridgehead atoms. The number of carbonyl (C=O) groups is 3. The van der Waals surface area contributed by atoms with Crippen LogP contribution in [0.25, 0.3) is 0 Å². The number of anilines is 1. The van der Waals surface area contributed by atoms with Gasteiger partial charge in [-0.25, -0.2) is 9.00 Å². The van der Waals surface area contributed by atoms with Crippen molar-refractivity contribution in [1.82, 2.24) is 9.62 Å². The lowest BCUT2D eigenvalue weighted by Gasteiger charge is -2.46. The topological polar surface area (TPSA) is 127 Å². The maximum Gasteiger partial charge on any atom is 0.409 e. The number of nitrogens with one attached hydrogen (secondary N) is 1. The second-order valence-corrected chi connectivity index (χ2v) is 17.8. The number of ether oxygens (including phenoxy) is 3. The van der Waals surface area contributed by atoms with Crippen LogP contribution >= 0.6 is 11.6 Å². The fraction of sp³-hybridized carbons (Fsp3) is 0.564. The van der Waals surface area contributed by atoms with E-state index < -0.39 is 33.7 Å². The molecule has 2 aromatic carbocycles. The van der Waals surface area contributed by atoms with Crippen molar-refractivity contribution >= 4 is 45.1 Å². The third-order valence-electron chi connectivity index (χ3n) is 11.8. The maximum absolute atomic E-state index is 14.6. The zero-order valence-corrected chi connectivity index (χ0v) is 31.8. The zero-order valence-electron chi connectivity index (χ0n) is 30.2. The standard InChI is InChI=1S/C39H49ClN4O7S/c1-25-6-4-8-34(49-2)31-12-9-28(31)20-44-23-39(16-5-7-26-18-30(40)11-13-32(26)39)24-51-35-14-10-27(19-33(35)44)36(45)41-52(48,22-25)42-37(46)29-15-17-43(21-29)38(47)50-3/h4,8,10-11,13-14,18-19,25,28-29,31,34H,5-7,9,12,15-17,20-24H2,1-3H3,(H,41,42,45,46,48)/b8-4-/t25-,28-,29-,31+,34-,39-,52?/m0/s1. The van der Waals surface area contributed by atoms with Crippen LogP contribution < -0.4 is 14.4 Å². The molecule has 1 N–H and O–H groups in total. The maximum atomic E-state index is 14.6. The summed E-state index contributed by atoms with van der Waals surface area (Å²) in [5, 5.41) is 0.732. The minimum atomic E-state index is -3.55. The highest BCUT2D eigenvalue weighted by atomic mass is 35.5. The predicted molar refractivity (Wildman–Crippen MR) is 200 cm³/mol. The van der Waals surface area contributed by atoms with Crippen molar-refractivity contribution in [1.29, 1.82) is 0 Å². The number of hydrogen-bond acceptors (Lipinski definition) is 8. The third-order valence-corrected chi connectivity index (χ3v) is 14.0. The zero-order chi connectivity index (χ0) is 36.6. The van der Waals surface area contributed by atoms with Crippen molar-refractivity contribution in [3.05, 3.63) is 70.3 Å². The fourth-order valence-corrected chi connectivity index (χ4v) is 11.0. The summed E-state index contributed by atoms with van der Waals surface area (Å²) in [6.07, 6.45) is 9.63. The smallest absolute Gasteiger partial charge is 0.409 e. The molecule has 7 atom stereocenters. The summed E-state index contributed by atoms with van der Waals surface area (Å²) in [5.74, 6) is -0.554. The van der Waals surface area contributed by atoms with Crippen LogP contribution in [0.3, 0.4) is 0 Å². The third kappa shape index (κ3) is 7.43. The van der Waals surface area contributed by atoms with Crippen LogP contribution in [0.1, 0.15) is 66.9 Å². The molecule has 1 spiro atoms. The number of methoxy groups -OCH3 is 2. The lowest BCUT2D eigenvalue weighted by molar-refractivity contribution is -0.122. The van der Waals surface area contributed by atoms with E-state index in [1.165, 1.54) is 23.1 Å². The van der Waals surface area contributed by atoms with Crippen molar-refractivity contribution in [2.45, 2.75) is 63.4 Å². The molecule has 0 radical (unpaired) electrons. The summed E-state index contributed by atoms with van der Waals surface area (Å²) >= 11 is 6.45. The average Bonchev–Trinajstić information content (AvgIpc) is 3.56. The number of benzene rings is 2. The van der Waals surface area contributed by atoms with E-state index in [0.717, 1.165) is 49.4 Å². The Morgan fingerprint density at radius 2 is 1.96 bits per heavy atom. The van der Waals surface area contributed by atoms with Gasteiger partial charge in [0.2, 0.25) is 5.91 Å². The number of halogens is 1. The Morgan fingerprint density at radius 1 is 1.12 bits per heavy atom. The molecule has 3 amide bonds. The van der Waals surface area contributed by atoms with E-state index in [9.17, 15) is 18.6 Å². The second-order valence-electron chi connectivity index (χ2n) is 15.3. The highest BCUT2D eigenvalue weighted by molar-refractivity contribution is 7.92. The summed E-state index contributed by atoms with van der Waals surface area (Å²) in [7, 11) is -0.505. The Bertz CT molecular complexity index is 1880. The van der Waals surface area contributed by atoms with E-state index in [2.05, 4.69) is 38.3 Å². The number of carbonyl (C=O) groups excluding carboxylic acids is 3. The number of likely N-dealkylation sites (tertiary alicyclic amines) is 1. The average molecular weight is 753 g/mol. The van der Waals surface area contributed by atoms with Gasteiger partial charge in [0.1, 0.15) is 15.7 Å². The van der Waals surface area contributed by atoms with Crippen molar-refractivity contribution in [2.24, 2.45) is 28.0 Å². The van der Waals surface area contributed by atoms with E-state index >= 15 is 0 Å². The lowest BCUT2D eigenvalue weighted by Crippen LogP contribution is -2.49. The summed E-state index contributed by atoms with van der Waals surface area (Å²) in [5.41, 5.74) is 3.33. The molecule has 1 saturated carbocycles. The van der Waals surface area contributed by atoms with Crippen LogP contribution in [0.5, 0.6) is 5.75 Å². The van der Waals surface area contributed by atoms with Gasteiger partial charge in [-0.2, -0.15) is 0 Å². The first-order valence-electron chi connectivity index (χ1n) is 18.4. The lowest BCUT2D eigenvalue weighted by atomic mass is 9.68. The summed E-state index contributed by atoms with van der Waals surface area (Å²) in [6.45, 7) is 4.38. The molecule has 1 unspecified atom stereocenters. The number of rotatable bonds is 3. The normalized spacial score (nSPS) is 32.3. The van der Waals surface area contributed by atoms with Gasteiger partial charge in [0.25, 0.3) is 5.91 Å². The van der Waals surface area contributed by atoms with Gasteiger partial charge in [-0.1, -0.05) is 36.7 Å². The monoisotopic (exact) mass is 752 g/mol. The SMILES string of the molecule is COC(=O)N1CC[C@H](C(=O)NS2(=O)=NC(=O)c3ccc4c(c3)N(C[C@@H]3CC[C@H]3[C@@H](OC)/C=C\C[C@H](C)C2)C[C@@]2(CCCc3cc(Cl)ccc32)CO4)C1. The quantitative estimate of drug-likeness (QED) is 0.369. The van der Waals surface area contributed by atoms with Gasteiger partial charge in [0.05, 0.1) is 37.2 Å². The fourth-order valence-electron chi connectivity index (χ4n) is 8.88. The van der Waals surface area contributed by atoms with Gasteiger partial charge in [0.15, 0.2) is 0 Å². The van der Waals surface area contributed by atoms with E-state index in [4.69, 9.17) is 25.8 Å². The van der Waals surface area contributed by atoms with Gasteiger partial charge in [-0.15, -0.1) is 4.36 Å². The summed E-state index contributed by atoms with van der Waals surface area (Å²) in [6, 6.07) is 11.5. The number of nitrogens with zero attached hydrogens (tertiary/aromatic N) is 3. The molecular weight excluding hydrogens is 704 g/mol. The number of allylic oxidation sites excluding steroid dienone is 1. The van der Waals surface area contributed by atoms with Gasteiger partial charge in [0, 0.05) is 49.3 Å². The van der Waals surface area contributed by atoms with Crippen LogP contribution in [-0.4, -0.2) is 85.9 Å². The molecule has 280 valence electrons. The number of amides is 3. The molecule has 1 saturated heterocycles. The van der Waals surface area contributed by atoms with Crippen LogP contribution in [-0.2, 0) is 36.0 Å². The molecule has 7 rings (SSSR count). The molecule has 52 heavy (non-hydrogen) atoms. The summed E-state index contributed by atoms with van der Waals surface area (Å²) in [4.78, 5) is 43.4. The highest BCUT2D eigenvalue weighted by Gasteiger charge is 2.44. The molecule has 0 aromatic heterocycles. The van der Waals surface area contributed by atoms with Gasteiger partial charge in [-0.3, -0.25) is 14.3 Å². The Balaban J connectivity index is 1.26. The minimum absolute atomic E-state index is 0.0158. The Kier molecular flexibility index (Phi) is 10.6. The van der Waals surface area contributed by atoms with E-state index in [-0.39, 0.29) is 35.3 Å². The molecule has 2 aliphatic carbocycles. The molecule has 2 aromatic rings. The van der Waals surface area contributed by atoms with E-state index in [1.54, 1.807) is 13.2 Å². The van der Waals surface area contributed by atoms with E-state index in [1.807, 2.05) is 25.1 Å². The van der Waals surface area contributed by atoms with Crippen molar-refractivity contribution in [3.8, 4) is 5.75 Å². The molecule has 3 heterocycles. The van der Waals surface area contributed by atoms with Gasteiger partial charge in [-0.05, 0) is 104 Å². The minimum Gasteiger partial charge on any atom is -0.490 e. The number of fused-ring (bicyclic) bond motifs is 4. The van der Waals surface area contributed by atoms with Gasteiger partial charge >= 0.3 is 6.09 Å². The van der Waals surface area contributed by atoms with Crippen LogP contribution in [0, 0.1) is 23.7 Å². The summed E-state index contributed by atoms with van der Waals surface area (Å²) < 4.78 is 39.0. The Hall–Kier alpha value is -3.61. The number of aryl methyl sites for hydroxylation is 1. The predicted octanol–water partition coefficient (Wildman–Crippen LogP) is 6.18. The Morgan fingerprint density at radius 3 is 2.73 bits per heavy atom. The molecule has 3 aliphatic heterocycles. The van der Waals surface area contributed by atoms with Crippen LogP contribution in [0.4, 0.5) is 10.5 Å². The molecule has 2 fully saturated rings. The first-order chi connectivity index (χ1) is 25.0. The number of hydrogen-bond donors (Lipinski definition) is 1. The molecule has 5 aliphatic rings. The largest absolute Gasteiger partial charge is 0.490 e. The van der Waals surface area contributed by atoms with Crippen molar-refractivity contribution in [2.75, 3.05) is 57.7 Å². The van der Waals surface area contributed by atoms with Crippen molar-refractivity contribution in [3.63, 3.8) is 0 Å². The van der Waals surface area contributed by atoms with Gasteiger partial charge < -0.3 is 24.0 Å². The van der Waals surface area contributed by atoms with Crippen LogP contribution in [0.2, 0.25) is 5.02 Å². The first kappa shape index (κ1) is 36.7. The molecule has 11 nitrogen and oxygen atoms in total. The van der Waals surface area contributed by atoms with Crippen molar-refractivity contribution < 1.29 is 32.8 Å².